The molecule has 74 valence electrons. The van der Waals surface area contributed by atoms with Crippen LogP contribution >= 0.6 is 0 Å². The molecule has 1 heterocycles. The molecule has 0 aliphatic heterocycles. The van der Waals surface area contributed by atoms with Crippen LogP contribution in [-0.4, -0.2) is 17.6 Å². The van der Waals surface area contributed by atoms with E-state index < -0.39 is 0 Å². The van der Waals surface area contributed by atoms with Gasteiger partial charge in [-0.05, 0) is 18.6 Å². The molecule has 2 nitrogen and oxygen atoms in total. The molecule has 1 unspecified atom stereocenters. The van der Waals surface area contributed by atoms with Crippen molar-refractivity contribution in [1.29, 1.82) is 0 Å². The van der Waals surface area contributed by atoms with Crippen LogP contribution in [0.15, 0.2) is 24.4 Å². The molecule has 0 spiro atoms. The van der Waals surface area contributed by atoms with E-state index in [1.54, 1.807) is 0 Å². The predicted molar refractivity (Wildman–Crippen MR) is 58.9 cm³/mol. The fourth-order valence-electron chi connectivity index (χ4n) is 1.24. The molecule has 2 heteroatoms. The zero-order valence-corrected chi connectivity index (χ0v) is 8.53. The van der Waals surface area contributed by atoms with Crippen LogP contribution in [0.5, 0.6) is 0 Å². The number of terminal acetylenes is 1. The van der Waals surface area contributed by atoms with E-state index in [1.807, 2.05) is 24.4 Å². The third kappa shape index (κ3) is 3.59. The van der Waals surface area contributed by atoms with E-state index in [-0.39, 0.29) is 6.04 Å². The van der Waals surface area contributed by atoms with Gasteiger partial charge in [-0.2, -0.15) is 0 Å². The monoisotopic (exact) mass is 188 g/mol. The van der Waals surface area contributed by atoms with E-state index in [9.17, 15) is 0 Å². The maximum Gasteiger partial charge on any atom is 0.0684 e. The number of aromatic nitrogens is 1. The Bertz CT molecular complexity index is 287. The van der Waals surface area contributed by atoms with Gasteiger partial charge in [0, 0.05) is 24.9 Å². The largest absolute Gasteiger partial charge is 0.303 e. The Kier molecular flexibility index (Phi) is 4.74. The lowest BCUT2D eigenvalue weighted by molar-refractivity contribution is 0.591. The van der Waals surface area contributed by atoms with Crippen molar-refractivity contribution in [3.63, 3.8) is 0 Å². The maximum atomic E-state index is 5.33. The molecule has 0 saturated carbocycles. The van der Waals surface area contributed by atoms with Gasteiger partial charge in [-0.25, -0.2) is 0 Å². The minimum atomic E-state index is 0.193. The number of nitrogens with one attached hydrogen (secondary N) is 1. The summed E-state index contributed by atoms with van der Waals surface area (Å²) in [6.07, 6.45) is 9.05. The topological polar surface area (TPSA) is 24.9 Å². The second kappa shape index (κ2) is 6.17. The lowest BCUT2D eigenvalue weighted by Crippen LogP contribution is -2.28. The number of hydrogen-bond donors (Lipinski definition) is 1. The average Bonchev–Trinajstić information content (AvgIpc) is 2.26. The SMILES string of the molecule is C#CC(CC)NCCc1ccccn1. The molecule has 1 rings (SSSR count). The van der Waals surface area contributed by atoms with Crippen LogP contribution in [0, 0.1) is 12.3 Å². The second-order valence-corrected chi connectivity index (χ2v) is 3.15. The van der Waals surface area contributed by atoms with Gasteiger partial charge in [0.25, 0.3) is 0 Å². The Hall–Kier alpha value is -1.33. The third-order valence-corrected chi connectivity index (χ3v) is 2.11. The highest BCUT2D eigenvalue weighted by molar-refractivity contribution is 5.04. The minimum absolute atomic E-state index is 0.193. The van der Waals surface area contributed by atoms with E-state index in [0.717, 1.165) is 25.1 Å². The first-order chi connectivity index (χ1) is 6.86. The summed E-state index contributed by atoms with van der Waals surface area (Å²) in [7, 11) is 0. The van der Waals surface area contributed by atoms with Crippen molar-refractivity contribution in [3.05, 3.63) is 30.1 Å². The highest BCUT2D eigenvalue weighted by Crippen LogP contribution is 1.94. The summed E-state index contributed by atoms with van der Waals surface area (Å²) in [6.45, 7) is 2.97. The smallest absolute Gasteiger partial charge is 0.0684 e. The molecule has 0 aliphatic carbocycles. The normalized spacial score (nSPS) is 12.0. The highest BCUT2D eigenvalue weighted by atomic mass is 14.9. The van der Waals surface area contributed by atoms with Gasteiger partial charge in [0.15, 0.2) is 0 Å². The molecule has 0 amide bonds. The van der Waals surface area contributed by atoms with E-state index in [4.69, 9.17) is 6.42 Å². The summed E-state index contributed by atoms with van der Waals surface area (Å²) in [5.74, 6) is 2.71. The predicted octanol–water partition coefficient (Wildman–Crippen LogP) is 1.63. The van der Waals surface area contributed by atoms with Crippen LogP contribution in [-0.2, 0) is 6.42 Å². The zero-order chi connectivity index (χ0) is 10.2. The van der Waals surface area contributed by atoms with E-state index >= 15 is 0 Å². The van der Waals surface area contributed by atoms with Gasteiger partial charge in [0.05, 0.1) is 6.04 Å². The van der Waals surface area contributed by atoms with Gasteiger partial charge in [-0.3, -0.25) is 4.98 Å². The maximum absolute atomic E-state index is 5.33. The lowest BCUT2D eigenvalue weighted by atomic mass is 10.2. The van der Waals surface area contributed by atoms with Crippen LogP contribution in [0.3, 0.4) is 0 Å². The van der Waals surface area contributed by atoms with Crippen LogP contribution in [0.2, 0.25) is 0 Å². The molecule has 0 radical (unpaired) electrons. The Morgan fingerprint density at radius 2 is 2.43 bits per heavy atom. The average molecular weight is 188 g/mol. The summed E-state index contributed by atoms with van der Waals surface area (Å²) in [5.41, 5.74) is 1.10. The zero-order valence-electron chi connectivity index (χ0n) is 8.53. The summed E-state index contributed by atoms with van der Waals surface area (Å²) < 4.78 is 0. The number of rotatable bonds is 5. The molecule has 0 aliphatic rings. The molecule has 1 aromatic rings. The number of pyridine rings is 1. The van der Waals surface area contributed by atoms with Gasteiger partial charge >= 0.3 is 0 Å². The van der Waals surface area contributed by atoms with Crippen molar-refractivity contribution in [3.8, 4) is 12.3 Å². The Morgan fingerprint density at radius 3 is 3.00 bits per heavy atom. The highest BCUT2D eigenvalue weighted by Gasteiger charge is 1.99. The van der Waals surface area contributed by atoms with Gasteiger partial charge < -0.3 is 5.32 Å². The fourth-order valence-corrected chi connectivity index (χ4v) is 1.24. The van der Waals surface area contributed by atoms with E-state index in [2.05, 4.69) is 23.1 Å². The molecule has 1 atom stereocenters. The van der Waals surface area contributed by atoms with Crippen molar-refractivity contribution in [2.75, 3.05) is 6.54 Å². The summed E-state index contributed by atoms with van der Waals surface area (Å²) >= 11 is 0. The quantitative estimate of drug-likeness (QED) is 0.710. The summed E-state index contributed by atoms with van der Waals surface area (Å²) in [4.78, 5) is 4.24. The molecule has 0 fully saturated rings. The number of hydrogen-bond acceptors (Lipinski definition) is 2. The fraction of sp³-hybridized carbons (Fsp3) is 0.417. The molecule has 0 bridgehead atoms. The molecule has 0 aromatic carbocycles. The first-order valence-corrected chi connectivity index (χ1v) is 4.96. The van der Waals surface area contributed by atoms with Crippen molar-refractivity contribution >= 4 is 0 Å². The molecule has 1 N–H and O–H groups in total. The third-order valence-electron chi connectivity index (χ3n) is 2.11. The minimum Gasteiger partial charge on any atom is -0.303 e. The summed E-state index contributed by atoms with van der Waals surface area (Å²) in [5, 5.41) is 3.29. The van der Waals surface area contributed by atoms with Crippen LogP contribution in [0.1, 0.15) is 19.0 Å². The van der Waals surface area contributed by atoms with Gasteiger partial charge in [-0.15, -0.1) is 6.42 Å². The Balaban J connectivity index is 2.26. The molecular weight excluding hydrogens is 172 g/mol. The second-order valence-electron chi connectivity index (χ2n) is 3.15. The van der Waals surface area contributed by atoms with Gasteiger partial charge in [-0.1, -0.05) is 18.9 Å². The molecule has 1 aromatic heterocycles. The molecule has 0 saturated heterocycles. The van der Waals surface area contributed by atoms with E-state index in [1.165, 1.54) is 0 Å². The van der Waals surface area contributed by atoms with Crippen molar-refractivity contribution < 1.29 is 0 Å². The molecular formula is C12H16N2. The van der Waals surface area contributed by atoms with Crippen molar-refractivity contribution in [2.24, 2.45) is 0 Å². The van der Waals surface area contributed by atoms with Crippen molar-refractivity contribution in [1.82, 2.24) is 10.3 Å². The van der Waals surface area contributed by atoms with E-state index in [0.29, 0.717) is 0 Å². The first-order valence-electron chi connectivity index (χ1n) is 4.96. The van der Waals surface area contributed by atoms with Crippen LogP contribution in [0.25, 0.3) is 0 Å². The Morgan fingerprint density at radius 1 is 1.57 bits per heavy atom. The van der Waals surface area contributed by atoms with Crippen LogP contribution in [0.4, 0.5) is 0 Å². The van der Waals surface area contributed by atoms with Gasteiger partial charge in [0.2, 0.25) is 0 Å². The van der Waals surface area contributed by atoms with Gasteiger partial charge in [0.1, 0.15) is 0 Å². The van der Waals surface area contributed by atoms with Crippen LogP contribution < -0.4 is 5.32 Å². The first kappa shape index (κ1) is 10.7. The summed E-state index contributed by atoms with van der Waals surface area (Å²) in [6, 6.07) is 6.14. The standard InChI is InChI=1S/C12H16N2/c1-3-11(4-2)14-10-8-12-7-5-6-9-13-12/h1,5-7,9,11,14H,4,8,10H2,2H3. The molecule has 14 heavy (non-hydrogen) atoms. The van der Waals surface area contributed by atoms with Crippen molar-refractivity contribution in [2.45, 2.75) is 25.8 Å². The Labute approximate surface area is 85.8 Å². The number of nitrogens with zero attached hydrogens (tertiary/aromatic N) is 1. The lowest BCUT2D eigenvalue weighted by Gasteiger charge is -2.09.